The van der Waals surface area contributed by atoms with Gasteiger partial charge in [0.05, 0.1) is 5.69 Å². The first-order valence-corrected chi connectivity index (χ1v) is 12.4. The van der Waals surface area contributed by atoms with Gasteiger partial charge in [0, 0.05) is 53.7 Å². The minimum Gasteiger partial charge on any atom is -0.369 e. The number of nitrogens with zero attached hydrogens (tertiary/aromatic N) is 2. The molecule has 2 amide bonds. The van der Waals surface area contributed by atoms with E-state index in [-0.39, 0.29) is 11.4 Å². The van der Waals surface area contributed by atoms with Gasteiger partial charge >= 0.3 is 6.03 Å². The first-order chi connectivity index (χ1) is 15.4. The van der Waals surface area contributed by atoms with Crippen molar-refractivity contribution in [1.82, 2.24) is 15.6 Å². The van der Waals surface area contributed by atoms with Crippen LogP contribution in [0, 0.1) is 0 Å². The van der Waals surface area contributed by atoms with Gasteiger partial charge in [0.25, 0.3) is 0 Å². The predicted octanol–water partition coefficient (Wildman–Crippen LogP) is 4.96. The minimum atomic E-state index is -0.252. The number of hydrogen-bond acceptors (Lipinski definition) is 5. The van der Waals surface area contributed by atoms with Crippen molar-refractivity contribution in [3.8, 4) is 0 Å². The number of piperazine rings is 1. The molecule has 2 aromatic carbocycles. The number of thiazole rings is 1. The van der Waals surface area contributed by atoms with Crippen molar-refractivity contribution in [3.63, 3.8) is 0 Å². The normalized spacial score (nSPS) is 14.3. The molecule has 8 heteroatoms. The highest BCUT2D eigenvalue weighted by Gasteiger charge is 2.26. The maximum Gasteiger partial charge on any atom is 0.321 e. The van der Waals surface area contributed by atoms with E-state index in [9.17, 15) is 4.79 Å². The Balaban J connectivity index is 1.34. The average Bonchev–Trinajstić information content (AvgIpc) is 3.28. The third-order valence-corrected chi connectivity index (χ3v) is 7.06. The largest absolute Gasteiger partial charge is 0.369 e. The van der Waals surface area contributed by atoms with E-state index < -0.39 is 0 Å². The number of hydrogen-bond donors (Lipinski definition) is 3. The molecule has 4 rings (SSSR count). The molecule has 1 aromatic heterocycles. The van der Waals surface area contributed by atoms with E-state index in [1.807, 2.05) is 29.6 Å². The summed E-state index contributed by atoms with van der Waals surface area (Å²) in [7, 11) is 0. The Hall–Kier alpha value is -2.42. The number of amides is 2. The zero-order valence-electron chi connectivity index (χ0n) is 18.3. The van der Waals surface area contributed by atoms with Gasteiger partial charge < -0.3 is 15.5 Å². The lowest BCUT2D eigenvalue weighted by Gasteiger charge is -2.29. The summed E-state index contributed by atoms with van der Waals surface area (Å²) in [5, 5.41) is 11.8. The molecular weight excluding hydrogens is 486 g/mol. The maximum absolute atomic E-state index is 12.5. The zero-order valence-corrected chi connectivity index (χ0v) is 20.7. The second-order valence-electron chi connectivity index (χ2n) is 8.38. The Labute approximate surface area is 201 Å². The van der Waals surface area contributed by atoms with Gasteiger partial charge in [-0.05, 0) is 35.4 Å². The molecule has 3 aromatic rings. The fourth-order valence-corrected chi connectivity index (χ4v) is 4.88. The van der Waals surface area contributed by atoms with Gasteiger partial charge in [-0.2, -0.15) is 0 Å². The molecule has 168 valence electrons. The van der Waals surface area contributed by atoms with Crippen LogP contribution >= 0.6 is 27.3 Å². The van der Waals surface area contributed by atoms with Crippen LogP contribution in [0.15, 0.2) is 58.4 Å². The van der Waals surface area contributed by atoms with Crippen molar-refractivity contribution >= 4 is 44.1 Å². The van der Waals surface area contributed by atoms with E-state index in [0.717, 1.165) is 41.9 Å². The van der Waals surface area contributed by atoms with Crippen molar-refractivity contribution < 1.29 is 4.79 Å². The fraction of sp³-hybridized carbons (Fsp3) is 0.333. The standard InChI is InChI=1S/C24H28BrN5OS/c1-24(2,18-6-8-19(25)9-7-18)21-16-32-23(28-21)29-22(31)27-15-17-4-3-5-20(14-17)30-12-10-26-11-13-30/h3-9,14,16,26H,10-13,15H2,1-2H3,(H2,27,28,29,31). The van der Waals surface area contributed by atoms with Crippen molar-refractivity contribution in [3.05, 3.63) is 75.2 Å². The lowest BCUT2D eigenvalue weighted by molar-refractivity contribution is 0.251. The summed E-state index contributed by atoms with van der Waals surface area (Å²) in [5.74, 6) is 0. The number of halogens is 1. The minimum absolute atomic E-state index is 0.250. The summed E-state index contributed by atoms with van der Waals surface area (Å²) in [6, 6.07) is 16.4. The SMILES string of the molecule is CC(C)(c1ccc(Br)cc1)c1csc(NC(=O)NCc2cccc(N3CCNCC3)c2)n1. The Morgan fingerprint density at radius 1 is 1.19 bits per heavy atom. The molecule has 0 spiro atoms. The van der Waals surface area contributed by atoms with Gasteiger partial charge in [0.15, 0.2) is 5.13 Å². The van der Waals surface area contributed by atoms with Gasteiger partial charge in [0.2, 0.25) is 0 Å². The smallest absolute Gasteiger partial charge is 0.321 e. The summed E-state index contributed by atoms with van der Waals surface area (Å²) in [6.07, 6.45) is 0. The molecule has 0 radical (unpaired) electrons. The molecule has 0 bridgehead atoms. The zero-order chi connectivity index (χ0) is 22.6. The number of carbonyl (C=O) groups is 1. The van der Waals surface area contributed by atoms with Gasteiger partial charge in [-0.3, -0.25) is 5.32 Å². The molecule has 32 heavy (non-hydrogen) atoms. The highest BCUT2D eigenvalue weighted by molar-refractivity contribution is 9.10. The molecule has 0 atom stereocenters. The molecule has 6 nitrogen and oxygen atoms in total. The summed E-state index contributed by atoms with van der Waals surface area (Å²) >= 11 is 4.92. The Bertz CT molecular complexity index is 1060. The number of carbonyl (C=O) groups excluding carboxylic acids is 1. The second-order valence-corrected chi connectivity index (χ2v) is 10.2. The number of benzene rings is 2. The van der Waals surface area contributed by atoms with Gasteiger partial charge in [-0.1, -0.05) is 54.0 Å². The average molecular weight is 514 g/mol. The van der Waals surface area contributed by atoms with Crippen LogP contribution in [0.25, 0.3) is 0 Å². The van der Waals surface area contributed by atoms with E-state index in [4.69, 9.17) is 0 Å². The first-order valence-electron chi connectivity index (χ1n) is 10.7. The van der Waals surface area contributed by atoms with Crippen molar-refractivity contribution in [2.45, 2.75) is 25.8 Å². The van der Waals surface area contributed by atoms with E-state index >= 15 is 0 Å². The van der Waals surface area contributed by atoms with Crippen LogP contribution in [0.1, 0.15) is 30.7 Å². The molecule has 2 heterocycles. The van der Waals surface area contributed by atoms with Crippen LogP contribution in [0.4, 0.5) is 15.6 Å². The topological polar surface area (TPSA) is 69.3 Å². The van der Waals surface area contributed by atoms with E-state index in [1.165, 1.54) is 22.6 Å². The molecule has 1 aliphatic rings. The summed E-state index contributed by atoms with van der Waals surface area (Å²) in [6.45, 7) is 8.74. The number of nitrogens with one attached hydrogen (secondary N) is 3. The number of aromatic nitrogens is 1. The van der Waals surface area contributed by atoms with Crippen LogP contribution < -0.4 is 20.9 Å². The monoisotopic (exact) mass is 513 g/mol. The molecule has 1 fully saturated rings. The predicted molar refractivity (Wildman–Crippen MR) is 136 cm³/mol. The van der Waals surface area contributed by atoms with E-state index in [0.29, 0.717) is 11.7 Å². The van der Waals surface area contributed by atoms with Crippen LogP contribution in [-0.4, -0.2) is 37.2 Å². The Morgan fingerprint density at radius 3 is 2.69 bits per heavy atom. The van der Waals surface area contributed by atoms with Crippen LogP contribution in [-0.2, 0) is 12.0 Å². The highest BCUT2D eigenvalue weighted by Crippen LogP contribution is 2.34. The second kappa shape index (κ2) is 10.0. The summed E-state index contributed by atoms with van der Waals surface area (Å²) < 4.78 is 1.05. The van der Waals surface area contributed by atoms with E-state index in [1.54, 1.807) is 0 Å². The van der Waals surface area contributed by atoms with Gasteiger partial charge in [-0.15, -0.1) is 11.3 Å². The molecule has 0 unspecified atom stereocenters. The van der Waals surface area contributed by atoms with Crippen LogP contribution in [0.3, 0.4) is 0 Å². The van der Waals surface area contributed by atoms with Crippen molar-refractivity contribution in [2.24, 2.45) is 0 Å². The third-order valence-electron chi connectivity index (χ3n) is 5.78. The lowest BCUT2D eigenvalue weighted by atomic mass is 9.82. The quantitative estimate of drug-likeness (QED) is 0.435. The van der Waals surface area contributed by atoms with Crippen molar-refractivity contribution in [2.75, 3.05) is 36.4 Å². The molecule has 0 saturated carbocycles. The Morgan fingerprint density at radius 2 is 1.94 bits per heavy atom. The molecule has 3 N–H and O–H groups in total. The Kier molecular flexibility index (Phi) is 7.13. The molecule has 0 aliphatic carbocycles. The van der Waals surface area contributed by atoms with Gasteiger partial charge in [0.1, 0.15) is 0 Å². The number of anilines is 2. The van der Waals surface area contributed by atoms with Crippen molar-refractivity contribution in [1.29, 1.82) is 0 Å². The first kappa shape index (κ1) is 22.8. The van der Waals surface area contributed by atoms with Crippen LogP contribution in [0.5, 0.6) is 0 Å². The highest BCUT2D eigenvalue weighted by atomic mass is 79.9. The maximum atomic E-state index is 12.5. The van der Waals surface area contributed by atoms with Crippen LogP contribution in [0.2, 0.25) is 0 Å². The van der Waals surface area contributed by atoms with Gasteiger partial charge in [-0.25, -0.2) is 9.78 Å². The lowest BCUT2D eigenvalue weighted by Crippen LogP contribution is -2.43. The number of urea groups is 1. The fourth-order valence-electron chi connectivity index (χ4n) is 3.74. The summed E-state index contributed by atoms with van der Waals surface area (Å²) in [5.41, 5.74) is 4.13. The third kappa shape index (κ3) is 5.49. The molecule has 1 aliphatic heterocycles. The van der Waals surface area contributed by atoms with E-state index in [2.05, 4.69) is 79.9 Å². The number of rotatable bonds is 6. The molecular formula is C24H28BrN5OS. The summed E-state index contributed by atoms with van der Waals surface area (Å²) in [4.78, 5) is 19.5. The molecule has 1 saturated heterocycles.